The highest BCUT2D eigenvalue weighted by atomic mass is 19.4. The van der Waals surface area contributed by atoms with E-state index in [1.165, 1.54) is 12.1 Å². The maximum absolute atomic E-state index is 13.1. The molecule has 0 aliphatic carbocycles. The summed E-state index contributed by atoms with van der Waals surface area (Å²) < 4.78 is 39.3. The van der Waals surface area contributed by atoms with Gasteiger partial charge in [0, 0.05) is 13.1 Å². The Morgan fingerprint density at radius 1 is 1.10 bits per heavy atom. The second kappa shape index (κ2) is 8.27. The highest BCUT2D eigenvalue weighted by Crippen LogP contribution is 2.32. The number of alkyl halides is 3. The predicted octanol–water partition coefficient (Wildman–Crippen LogP) is 3.61. The molecule has 0 aromatic heterocycles. The molecule has 0 saturated heterocycles. The van der Waals surface area contributed by atoms with Crippen molar-refractivity contribution in [2.45, 2.75) is 32.5 Å². The Bertz CT molecular complexity index is 365. The van der Waals surface area contributed by atoms with Gasteiger partial charge in [-0.15, -0.1) is 0 Å². The van der Waals surface area contributed by atoms with Crippen molar-refractivity contribution < 1.29 is 13.2 Å². The number of likely N-dealkylation sites (N-methyl/N-ethyl adjacent to an activating group) is 1. The number of hydrogen-bond donors (Lipinski definition) is 1. The molecule has 2 nitrogen and oxygen atoms in total. The summed E-state index contributed by atoms with van der Waals surface area (Å²) in [5.74, 6) is 0. The van der Waals surface area contributed by atoms with Gasteiger partial charge in [0.05, 0.1) is 0 Å². The number of benzene rings is 1. The lowest BCUT2D eigenvalue weighted by Gasteiger charge is -2.25. The summed E-state index contributed by atoms with van der Waals surface area (Å²) in [6, 6.07) is 6.40. The number of nitrogens with zero attached hydrogens (tertiary/aromatic N) is 1. The van der Waals surface area contributed by atoms with E-state index in [1.807, 2.05) is 6.92 Å². The van der Waals surface area contributed by atoms with Crippen molar-refractivity contribution in [1.29, 1.82) is 0 Å². The third-order valence-electron chi connectivity index (χ3n) is 3.22. The molecule has 0 amide bonds. The topological polar surface area (TPSA) is 15.3 Å². The van der Waals surface area contributed by atoms with E-state index >= 15 is 0 Å². The van der Waals surface area contributed by atoms with Gasteiger partial charge in [-0.1, -0.05) is 44.2 Å². The van der Waals surface area contributed by atoms with Crippen LogP contribution in [0.2, 0.25) is 0 Å². The molecule has 0 heterocycles. The average molecular weight is 288 g/mol. The molecule has 0 spiro atoms. The standard InChI is InChI=1S/C15H23F3N2/c1-3-11-20(4-2)12-10-19-14(15(16,17)18)13-8-6-5-7-9-13/h5-9,14,19H,3-4,10-12H2,1-2H3. The van der Waals surface area contributed by atoms with Crippen molar-refractivity contribution in [3.05, 3.63) is 35.9 Å². The Labute approximate surface area is 119 Å². The van der Waals surface area contributed by atoms with Gasteiger partial charge in [-0.3, -0.25) is 0 Å². The van der Waals surface area contributed by atoms with Crippen LogP contribution in [0.15, 0.2) is 30.3 Å². The summed E-state index contributed by atoms with van der Waals surface area (Å²) in [6.45, 7) is 6.82. The minimum Gasteiger partial charge on any atom is -0.302 e. The van der Waals surface area contributed by atoms with Gasteiger partial charge < -0.3 is 10.2 Å². The van der Waals surface area contributed by atoms with Gasteiger partial charge in [-0.25, -0.2) is 0 Å². The van der Waals surface area contributed by atoms with E-state index in [4.69, 9.17) is 0 Å². The van der Waals surface area contributed by atoms with Gasteiger partial charge in [0.15, 0.2) is 0 Å². The van der Waals surface area contributed by atoms with E-state index in [0.29, 0.717) is 13.1 Å². The zero-order valence-electron chi connectivity index (χ0n) is 12.1. The molecule has 20 heavy (non-hydrogen) atoms. The minimum atomic E-state index is -4.27. The third kappa shape index (κ3) is 5.51. The van der Waals surface area contributed by atoms with E-state index in [0.717, 1.165) is 19.5 Å². The highest BCUT2D eigenvalue weighted by Gasteiger charge is 2.40. The first-order chi connectivity index (χ1) is 9.49. The number of nitrogens with one attached hydrogen (secondary N) is 1. The molecular formula is C15H23F3N2. The fourth-order valence-corrected chi connectivity index (χ4v) is 2.18. The molecule has 1 aromatic carbocycles. The van der Waals surface area contributed by atoms with Crippen LogP contribution in [0.5, 0.6) is 0 Å². The molecule has 1 N–H and O–H groups in total. The Morgan fingerprint density at radius 3 is 2.25 bits per heavy atom. The van der Waals surface area contributed by atoms with Crippen molar-refractivity contribution in [2.75, 3.05) is 26.2 Å². The van der Waals surface area contributed by atoms with E-state index in [9.17, 15) is 13.2 Å². The van der Waals surface area contributed by atoms with E-state index in [2.05, 4.69) is 17.1 Å². The molecule has 0 aliphatic heterocycles. The highest BCUT2D eigenvalue weighted by molar-refractivity contribution is 5.20. The van der Waals surface area contributed by atoms with Crippen LogP contribution >= 0.6 is 0 Å². The van der Waals surface area contributed by atoms with Gasteiger partial charge in [-0.2, -0.15) is 13.2 Å². The van der Waals surface area contributed by atoms with Crippen molar-refractivity contribution in [3.8, 4) is 0 Å². The van der Waals surface area contributed by atoms with Gasteiger partial charge in [0.2, 0.25) is 0 Å². The van der Waals surface area contributed by atoms with Crippen molar-refractivity contribution >= 4 is 0 Å². The van der Waals surface area contributed by atoms with Crippen molar-refractivity contribution in [3.63, 3.8) is 0 Å². The second-order valence-electron chi connectivity index (χ2n) is 4.77. The Balaban J connectivity index is 2.59. The first-order valence-electron chi connectivity index (χ1n) is 7.06. The number of hydrogen-bond acceptors (Lipinski definition) is 2. The Morgan fingerprint density at radius 2 is 1.75 bits per heavy atom. The lowest BCUT2D eigenvalue weighted by atomic mass is 10.1. The monoisotopic (exact) mass is 288 g/mol. The SMILES string of the molecule is CCCN(CC)CCNC(c1ccccc1)C(F)(F)F. The van der Waals surface area contributed by atoms with Gasteiger partial charge in [0.1, 0.15) is 6.04 Å². The molecule has 1 aromatic rings. The fourth-order valence-electron chi connectivity index (χ4n) is 2.18. The van der Waals surface area contributed by atoms with Crippen LogP contribution in [-0.2, 0) is 0 Å². The summed E-state index contributed by atoms with van der Waals surface area (Å²) in [7, 11) is 0. The molecule has 1 unspecified atom stereocenters. The molecule has 1 rings (SSSR count). The molecule has 114 valence electrons. The van der Waals surface area contributed by atoms with Crippen molar-refractivity contribution in [2.24, 2.45) is 0 Å². The molecule has 5 heteroatoms. The van der Waals surface area contributed by atoms with E-state index < -0.39 is 12.2 Å². The van der Waals surface area contributed by atoms with E-state index in [-0.39, 0.29) is 5.56 Å². The quantitative estimate of drug-likeness (QED) is 0.786. The van der Waals surface area contributed by atoms with Crippen LogP contribution < -0.4 is 5.32 Å². The minimum absolute atomic E-state index is 0.263. The number of halogens is 3. The van der Waals surface area contributed by atoms with Crippen LogP contribution in [0.1, 0.15) is 31.9 Å². The zero-order chi connectivity index (χ0) is 15.0. The predicted molar refractivity (Wildman–Crippen MR) is 75.6 cm³/mol. The summed E-state index contributed by atoms with van der Waals surface area (Å²) in [5.41, 5.74) is 0.263. The zero-order valence-corrected chi connectivity index (χ0v) is 12.1. The molecule has 0 saturated carbocycles. The molecular weight excluding hydrogens is 265 g/mol. The first kappa shape index (κ1) is 17.0. The number of rotatable bonds is 8. The normalized spacial score (nSPS) is 13.7. The lowest BCUT2D eigenvalue weighted by molar-refractivity contribution is -0.157. The Kier molecular flexibility index (Phi) is 7.02. The third-order valence-corrected chi connectivity index (χ3v) is 3.22. The summed E-state index contributed by atoms with van der Waals surface area (Å²) >= 11 is 0. The van der Waals surface area contributed by atoms with Crippen LogP contribution in [0, 0.1) is 0 Å². The Hall–Kier alpha value is -1.07. The summed E-state index contributed by atoms with van der Waals surface area (Å²) in [6.07, 6.45) is -3.27. The second-order valence-corrected chi connectivity index (χ2v) is 4.77. The summed E-state index contributed by atoms with van der Waals surface area (Å²) in [4.78, 5) is 2.14. The lowest BCUT2D eigenvalue weighted by Crippen LogP contribution is -2.39. The largest absolute Gasteiger partial charge is 0.407 e. The molecule has 0 aliphatic rings. The van der Waals surface area contributed by atoms with Gasteiger partial charge in [-0.05, 0) is 25.1 Å². The maximum Gasteiger partial charge on any atom is 0.407 e. The smallest absolute Gasteiger partial charge is 0.302 e. The molecule has 1 atom stereocenters. The van der Waals surface area contributed by atoms with Crippen LogP contribution in [-0.4, -0.2) is 37.3 Å². The van der Waals surface area contributed by atoms with Crippen LogP contribution in [0.3, 0.4) is 0 Å². The first-order valence-corrected chi connectivity index (χ1v) is 7.06. The molecule has 0 bridgehead atoms. The summed E-state index contributed by atoms with van der Waals surface area (Å²) in [5, 5.41) is 2.63. The van der Waals surface area contributed by atoms with E-state index in [1.54, 1.807) is 18.2 Å². The van der Waals surface area contributed by atoms with Crippen LogP contribution in [0.4, 0.5) is 13.2 Å². The molecule has 0 radical (unpaired) electrons. The molecule has 0 fully saturated rings. The maximum atomic E-state index is 13.1. The van der Waals surface area contributed by atoms with Crippen molar-refractivity contribution in [1.82, 2.24) is 10.2 Å². The van der Waals surface area contributed by atoms with Gasteiger partial charge >= 0.3 is 6.18 Å². The fraction of sp³-hybridized carbons (Fsp3) is 0.600. The average Bonchev–Trinajstić information content (AvgIpc) is 2.42. The van der Waals surface area contributed by atoms with Crippen LogP contribution in [0.25, 0.3) is 0 Å². The van der Waals surface area contributed by atoms with Gasteiger partial charge in [0.25, 0.3) is 0 Å².